The number of para-hydroxylation sites is 1. The Kier molecular flexibility index (Phi) is 3.42. The van der Waals surface area contributed by atoms with Crippen molar-refractivity contribution in [2.45, 2.75) is 33.2 Å². The Morgan fingerprint density at radius 2 is 1.95 bits per heavy atom. The van der Waals surface area contributed by atoms with Crippen LogP contribution in [-0.2, 0) is 0 Å². The van der Waals surface area contributed by atoms with E-state index in [1.165, 1.54) is 0 Å². The number of anilines is 1. The zero-order chi connectivity index (χ0) is 14.0. The minimum atomic E-state index is -0.199. The van der Waals surface area contributed by atoms with E-state index in [-0.39, 0.29) is 5.54 Å². The number of fused-ring (bicyclic) bond motifs is 1. The molecule has 1 aromatic heterocycles. The number of aryl methyl sites for hydroxylation is 1. The Labute approximate surface area is 113 Å². The van der Waals surface area contributed by atoms with Crippen LogP contribution in [0.25, 0.3) is 10.9 Å². The van der Waals surface area contributed by atoms with E-state index >= 15 is 0 Å². The van der Waals surface area contributed by atoms with Crippen LogP contribution < -0.4 is 11.1 Å². The number of nitrogens with zero attached hydrogens (tertiary/aromatic N) is 2. The predicted octanol–water partition coefficient (Wildman–Crippen LogP) is 3.07. The van der Waals surface area contributed by atoms with Crippen LogP contribution in [0.4, 0.5) is 5.69 Å². The number of aliphatic imine (C=N–C) groups is 1. The molecule has 2 aromatic rings. The molecule has 2 rings (SSSR count). The summed E-state index contributed by atoms with van der Waals surface area (Å²) < 4.78 is 0. The van der Waals surface area contributed by atoms with E-state index in [4.69, 9.17) is 5.73 Å². The van der Waals surface area contributed by atoms with Gasteiger partial charge < -0.3 is 11.1 Å². The van der Waals surface area contributed by atoms with Crippen LogP contribution in [0.15, 0.2) is 35.3 Å². The summed E-state index contributed by atoms with van der Waals surface area (Å²) in [5.74, 6) is 0.420. The number of rotatable bonds is 1. The molecule has 0 aliphatic rings. The first-order chi connectivity index (χ1) is 8.85. The molecule has 0 amide bonds. The van der Waals surface area contributed by atoms with E-state index in [0.717, 1.165) is 22.3 Å². The van der Waals surface area contributed by atoms with Crippen LogP contribution in [0.5, 0.6) is 0 Å². The highest BCUT2D eigenvalue weighted by molar-refractivity contribution is 6.01. The lowest BCUT2D eigenvalue weighted by atomic mass is 10.1. The van der Waals surface area contributed by atoms with Gasteiger partial charge in [-0.05, 0) is 39.8 Å². The third kappa shape index (κ3) is 3.44. The van der Waals surface area contributed by atoms with Crippen LogP contribution in [0, 0.1) is 6.92 Å². The molecule has 0 aliphatic heterocycles. The lowest BCUT2D eigenvalue weighted by Crippen LogP contribution is -2.27. The van der Waals surface area contributed by atoms with E-state index < -0.39 is 0 Å². The molecule has 3 N–H and O–H groups in total. The highest BCUT2D eigenvalue weighted by Crippen LogP contribution is 2.22. The van der Waals surface area contributed by atoms with Crippen molar-refractivity contribution < 1.29 is 0 Å². The van der Waals surface area contributed by atoms with Gasteiger partial charge in [-0.1, -0.05) is 18.2 Å². The molecule has 0 fully saturated rings. The fourth-order valence-corrected chi connectivity index (χ4v) is 1.94. The Morgan fingerprint density at radius 1 is 1.26 bits per heavy atom. The highest BCUT2D eigenvalue weighted by atomic mass is 15.1. The van der Waals surface area contributed by atoms with Gasteiger partial charge in [0.05, 0.1) is 16.7 Å². The van der Waals surface area contributed by atoms with E-state index in [0.29, 0.717) is 5.96 Å². The molecule has 0 spiro atoms. The normalized spacial score (nSPS) is 12.7. The van der Waals surface area contributed by atoms with Crippen molar-refractivity contribution in [3.8, 4) is 0 Å². The summed E-state index contributed by atoms with van der Waals surface area (Å²) in [7, 11) is 0. The van der Waals surface area contributed by atoms with Crippen molar-refractivity contribution in [2.75, 3.05) is 5.32 Å². The molecule has 0 saturated carbocycles. The van der Waals surface area contributed by atoms with Crippen LogP contribution in [0.3, 0.4) is 0 Å². The zero-order valence-corrected chi connectivity index (χ0v) is 11.9. The topological polar surface area (TPSA) is 63.3 Å². The first kappa shape index (κ1) is 13.3. The largest absolute Gasteiger partial charge is 0.370 e. The summed E-state index contributed by atoms with van der Waals surface area (Å²) in [4.78, 5) is 8.90. The third-order valence-corrected chi connectivity index (χ3v) is 2.56. The lowest BCUT2D eigenvalue weighted by Gasteiger charge is -2.15. The van der Waals surface area contributed by atoms with Crippen molar-refractivity contribution in [3.05, 3.63) is 36.0 Å². The number of aromatic nitrogens is 1. The second kappa shape index (κ2) is 4.88. The Balaban J connectivity index is 2.43. The van der Waals surface area contributed by atoms with Crippen molar-refractivity contribution in [1.82, 2.24) is 4.98 Å². The fourth-order valence-electron chi connectivity index (χ4n) is 1.94. The van der Waals surface area contributed by atoms with Gasteiger partial charge in [0, 0.05) is 11.1 Å². The summed E-state index contributed by atoms with van der Waals surface area (Å²) in [6.45, 7) is 8.00. The van der Waals surface area contributed by atoms with Crippen molar-refractivity contribution >= 4 is 22.5 Å². The second-order valence-corrected chi connectivity index (χ2v) is 5.62. The van der Waals surface area contributed by atoms with E-state index in [2.05, 4.69) is 15.3 Å². The molecule has 1 heterocycles. The first-order valence-electron chi connectivity index (χ1n) is 6.34. The Morgan fingerprint density at radius 3 is 2.63 bits per heavy atom. The number of nitrogens with two attached hydrogens (primary N) is 1. The Hall–Kier alpha value is -2.10. The van der Waals surface area contributed by atoms with Crippen molar-refractivity contribution in [1.29, 1.82) is 0 Å². The minimum absolute atomic E-state index is 0.199. The SMILES string of the molecule is Cc1cc(NC(N)=NC(C)(C)C)c2ccccc2n1. The first-order valence-corrected chi connectivity index (χ1v) is 6.34. The molecule has 0 radical (unpaired) electrons. The number of guanidine groups is 1. The number of hydrogen-bond acceptors (Lipinski definition) is 2. The quantitative estimate of drug-likeness (QED) is 0.609. The van der Waals surface area contributed by atoms with Crippen LogP contribution in [-0.4, -0.2) is 16.5 Å². The zero-order valence-electron chi connectivity index (χ0n) is 11.9. The van der Waals surface area contributed by atoms with Gasteiger partial charge in [-0.15, -0.1) is 0 Å². The fraction of sp³-hybridized carbons (Fsp3) is 0.333. The van der Waals surface area contributed by atoms with Crippen LogP contribution in [0.1, 0.15) is 26.5 Å². The molecule has 0 aliphatic carbocycles. The van der Waals surface area contributed by atoms with E-state index in [1.807, 2.05) is 58.0 Å². The predicted molar refractivity (Wildman–Crippen MR) is 81.5 cm³/mol. The molecule has 100 valence electrons. The molecule has 0 atom stereocenters. The highest BCUT2D eigenvalue weighted by Gasteiger charge is 2.09. The number of hydrogen-bond donors (Lipinski definition) is 2. The summed E-state index contributed by atoms with van der Waals surface area (Å²) in [5, 5.41) is 4.21. The maximum atomic E-state index is 5.95. The number of nitrogens with one attached hydrogen (secondary N) is 1. The molecule has 0 unspecified atom stereocenters. The summed E-state index contributed by atoms with van der Waals surface area (Å²) in [5.41, 5.74) is 8.59. The summed E-state index contributed by atoms with van der Waals surface area (Å²) >= 11 is 0. The molecule has 19 heavy (non-hydrogen) atoms. The summed E-state index contributed by atoms with van der Waals surface area (Å²) in [6.07, 6.45) is 0. The maximum absolute atomic E-state index is 5.95. The standard InChI is InChI=1S/C15H20N4/c1-10-9-13(18-14(16)19-15(2,3)4)11-7-5-6-8-12(11)17-10/h5-9H,1-4H3,(H3,16,17,18,19). The van der Waals surface area contributed by atoms with Gasteiger partial charge in [0.15, 0.2) is 5.96 Å². The molecule has 0 saturated heterocycles. The van der Waals surface area contributed by atoms with E-state index in [1.54, 1.807) is 0 Å². The molecule has 4 heteroatoms. The molecular weight excluding hydrogens is 236 g/mol. The minimum Gasteiger partial charge on any atom is -0.370 e. The van der Waals surface area contributed by atoms with Gasteiger partial charge in [-0.3, -0.25) is 4.98 Å². The van der Waals surface area contributed by atoms with Crippen LogP contribution in [0.2, 0.25) is 0 Å². The smallest absolute Gasteiger partial charge is 0.193 e. The molecule has 0 bridgehead atoms. The van der Waals surface area contributed by atoms with Gasteiger partial charge in [0.25, 0.3) is 0 Å². The molecule has 4 nitrogen and oxygen atoms in total. The van der Waals surface area contributed by atoms with Gasteiger partial charge in [-0.25, -0.2) is 4.99 Å². The van der Waals surface area contributed by atoms with Crippen LogP contribution >= 0.6 is 0 Å². The summed E-state index contributed by atoms with van der Waals surface area (Å²) in [6, 6.07) is 9.96. The van der Waals surface area contributed by atoms with Gasteiger partial charge in [0.1, 0.15) is 0 Å². The monoisotopic (exact) mass is 256 g/mol. The molecule has 1 aromatic carbocycles. The molecular formula is C15H20N4. The number of benzene rings is 1. The Bertz CT molecular complexity index is 624. The lowest BCUT2D eigenvalue weighted by molar-refractivity contribution is 0.583. The third-order valence-electron chi connectivity index (χ3n) is 2.56. The van der Waals surface area contributed by atoms with E-state index in [9.17, 15) is 0 Å². The van der Waals surface area contributed by atoms with Gasteiger partial charge in [-0.2, -0.15) is 0 Å². The second-order valence-electron chi connectivity index (χ2n) is 5.62. The van der Waals surface area contributed by atoms with Gasteiger partial charge in [0.2, 0.25) is 0 Å². The van der Waals surface area contributed by atoms with Gasteiger partial charge >= 0.3 is 0 Å². The van der Waals surface area contributed by atoms with Crippen molar-refractivity contribution in [2.24, 2.45) is 10.7 Å². The average Bonchev–Trinajstić information content (AvgIpc) is 2.25. The average molecular weight is 256 g/mol. The van der Waals surface area contributed by atoms with Crippen molar-refractivity contribution in [3.63, 3.8) is 0 Å². The maximum Gasteiger partial charge on any atom is 0.193 e. The number of pyridine rings is 1.